The topological polar surface area (TPSA) is 63.3 Å². The molecule has 0 aliphatic rings. The van der Waals surface area contributed by atoms with E-state index in [0.29, 0.717) is 0 Å². The Kier molecular flexibility index (Phi) is 14.7. The lowest BCUT2D eigenvalue weighted by atomic mass is 10.2. The molecule has 0 saturated heterocycles. The van der Waals surface area contributed by atoms with E-state index >= 15 is 0 Å². The lowest BCUT2D eigenvalue weighted by Gasteiger charge is -1.87. The van der Waals surface area contributed by atoms with Crippen LogP contribution in [0, 0.1) is 0 Å². The zero-order chi connectivity index (χ0) is 9.82. The monoisotopic (exact) mass is 173 g/mol. The van der Waals surface area contributed by atoms with Crippen molar-refractivity contribution >= 4 is 5.97 Å². The van der Waals surface area contributed by atoms with Gasteiger partial charge in [0.05, 0.1) is 6.54 Å². The third kappa shape index (κ3) is 22.9. The fourth-order valence-electron chi connectivity index (χ4n) is 0.539. The van der Waals surface area contributed by atoms with Crippen LogP contribution in [0.25, 0.3) is 0 Å². The average molecular weight is 173 g/mol. The summed E-state index contributed by atoms with van der Waals surface area (Å²) in [6.45, 7) is 5.57. The van der Waals surface area contributed by atoms with Crippen LogP contribution in [0.5, 0.6) is 0 Å². The van der Waals surface area contributed by atoms with Crippen molar-refractivity contribution in [1.29, 1.82) is 0 Å². The minimum atomic E-state index is -0.968. The van der Waals surface area contributed by atoms with E-state index in [4.69, 9.17) is 5.11 Å². The molecule has 0 atom stereocenters. The molecule has 0 radical (unpaired) electrons. The van der Waals surface area contributed by atoms with Gasteiger partial charge >= 0.3 is 5.97 Å². The first kappa shape index (κ1) is 13.7. The van der Waals surface area contributed by atoms with E-state index in [-0.39, 0.29) is 6.54 Å². The maximum Gasteiger partial charge on any atom is 0.317 e. The molecule has 0 aliphatic heterocycles. The van der Waals surface area contributed by atoms with Crippen LogP contribution in [0.15, 0.2) is 12.7 Å². The first-order chi connectivity index (χ1) is 5.68. The highest BCUT2D eigenvalue weighted by atomic mass is 16.4. The van der Waals surface area contributed by atoms with Crippen LogP contribution in [-0.4, -0.2) is 17.6 Å². The van der Waals surface area contributed by atoms with Crippen LogP contribution in [0.2, 0.25) is 0 Å². The second-order valence-corrected chi connectivity index (χ2v) is 2.38. The molecule has 72 valence electrons. The molecule has 3 N–H and O–H groups in total. The Hall–Kier alpha value is -0.830. The second kappa shape index (κ2) is 12.8. The van der Waals surface area contributed by atoms with Gasteiger partial charge in [-0.15, -0.1) is 6.58 Å². The van der Waals surface area contributed by atoms with Gasteiger partial charge in [0, 0.05) is 0 Å². The number of carbonyl (C=O) groups is 1. The van der Waals surface area contributed by atoms with E-state index in [1.165, 1.54) is 25.7 Å². The summed E-state index contributed by atoms with van der Waals surface area (Å²) >= 11 is 0. The highest BCUT2D eigenvalue weighted by molar-refractivity contribution is 5.68. The Bertz CT molecular complexity index is 113. The Labute approximate surface area is 74.3 Å². The molecular formula is C9H19NO2. The summed E-state index contributed by atoms with van der Waals surface area (Å²) < 4.78 is 0. The molecule has 0 aromatic heterocycles. The summed E-state index contributed by atoms with van der Waals surface area (Å²) in [6, 6.07) is 0. The molecule has 0 heterocycles. The number of carboxylic acid groups (broad SMARTS) is 1. The van der Waals surface area contributed by atoms with Gasteiger partial charge in [-0.1, -0.05) is 25.8 Å². The molecule has 0 aliphatic carbocycles. The first-order valence-corrected chi connectivity index (χ1v) is 4.21. The van der Waals surface area contributed by atoms with Crippen molar-refractivity contribution in [3.8, 4) is 0 Å². The van der Waals surface area contributed by atoms with Crippen LogP contribution in [0.1, 0.15) is 32.6 Å². The minimum Gasteiger partial charge on any atom is -0.480 e. The highest BCUT2D eigenvalue weighted by Crippen LogP contribution is 1.97. The van der Waals surface area contributed by atoms with E-state index < -0.39 is 5.97 Å². The van der Waals surface area contributed by atoms with Crippen molar-refractivity contribution in [2.45, 2.75) is 32.6 Å². The van der Waals surface area contributed by atoms with Gasteiger partial charge in [0.25, 0.3) is 0 Å². The fourth-order valence-corrected chi connectivity index (χ4v) is 0.539. The molecule has 0 bridgehead atoms. The normalized spacial score (nSPS) is 8.17. The summed E-state index contributed by atoms with van der Waals surface area (Å²) in [7, 11) is 0. The molecule has 0 unspecified atom stereocenters. The third-order valence-electron chi connectivity index (χ3n) is 1.19. The van der Waals surface area contributed by atoms with Gasteiger partial charge in [0.2, 0.25) is 0 Å². The van der Waals surface area contributed by atoms with Crippen LogP contribution in [0.3, 0.4) is 0 Å². The lowest BCUT2D eigenvalue weighted by molar-refractivity contribution is -0.135. The maximum atomic E-state index is 9.24. The van der Waals surface area contributed by atoms with Gasteiger partial charge < -0.3 is 10.8 Å². The van der Waals surface area contributed by atoms with E-state index in [2.05, 4.69) is 19.2 Å². The van der Waals surface area contributed by atoms with Crippen molar-refractivity contribution < 1.29 is 9.90 Å². The Morgan fingerprint density at radius 3 is 2.33 bits per heavy atom. The fraction of sp³-hybridized carbons (Fsp3) is 0.667. The molecule has 3 nitrogen and oxygen atoms in total. The number of aliphatic carboxylic acids is 1. The predicted molar refractivity (Wildman–Crippen MR) is 51.0 cm³/mol. The largest absolute Gasteiger partial charge is 0.480 e. The van der Waals surface area contributed by atoms with Gasteiger partial charge in [-0.2, -0.15) is 0 Å². The van der Waals surface area contributed by atoms with E-state index in [9.17, 15) is 4.79 Å². The number of unbranched alkanes of at least 4 members (excludes halogenated alkanes) is 3. The van der Waals surface area contributed by atoms with Crippen molar-refractivity contribution in [3.63, 3.8) is 0 Å². The Morgan fingerprint density at radius 1 is 1.58 bits per heavy atom. The lowest BCUT2D eigenvalue weighted by Crippen LogP contribution is -2.10. The maximum absolute atomic E-state index is 9.24. The molecule has 0 amide bonds. The summed E-state index contributed by atoms with van der Waals surface area (Å²) in [4.78, 5) is 9.24. The quantitative estimate of drug-likeness (QED) is 0.492. The van der Waals surface area contributed by atoms with Crippen LogP contribution in [0.4, 0.5) is 0 Å². The number of nitrogens with two attached hydrogens (primary N) is 1. The number of allylic oxidation sites excluding steroid dienone is 1. The van der Waals surface area contributed by atoms with Gasteiger partial charge in [-0.05, 0) is 12.8 Å². The average Bonchev–Trinajstić information content (AvgIpc) is 2.07. The molecule has 0 aromatic carbocycles. The summed E-state index contributed by atoms with van der Waals surface area (Å²) in [5.41, 5.74) is 4.57. The van der Waals surface area contributed by atoms with Crippen molar-refractivity contribution in [2.24, 2.45) is 5.73 Å². The molecule has 3 heteroatoms. The first-order valence-electron chi connectivity index (χ1n) is 4.21. The molecule has 0 fully saturated rings. The van der Waals surface area contributed by atoms with E-state index in [1.54, 1.807) is 0 Å². The van der Waals surface area contributed by atoms with Crippen molar-refractivity contribution in [3.05, 3.63) is 12.7 Å². The van der Waals surface area contributed by atoms with Gasteiger partial charge in [0.15, 0.2) is 0 Å². The number of carboxylic acids is 1. The van der Waals surface area contributed by atoms with Gasteiger partial charge in [-0.3, -0.25) is 4.79 Å². The number of hydrogen-bond acceptors (Lipinski definition) is 2. The zero-order valence-electron chi connectivity index (χ0n) is 7.75. The zero-order valence-corrected chi connectivity index (χ0v) is 7.75. The van der Waals surface area contributed by atoms with Crippen LogP contribution >= 0.6 is 0 Å². The smallest absolute Gasteiger partial charge is 0.317 e. The summed E-state index contributed by atoms with van der Waals surface area (Å²) in [5.74, 6) is -0.968. The van der Waals surface area contributed by atoms with Gasteiger partial charge in [-0.25, -0.2) is 0 Å². The molecule has 0 saturated carbocycles. The Morgan fingerprint density at radius 2 is 2.08 bits per heavy atom. The SMILES string of the molecule is C=CCCCCC.NCC(=O)O. The molecule has 0 aromatic rings. The van der Waals surface area contributed by atoms with Crippen LogP contribution in [-0.2, 0) is 4.79 Å². The number of hydrogen-bond donors (Lipinski definition) is 2. The molecular weight excluding hydrogens is 154 g/mol. The Balaban J connectivity index is 0. The van der Waals surface area contributed by atoms with Crippen molar-refractivity contribution in [2.75, 3.05) is 6.54 Å². The molecule has 0 spiro atoms. The molecule has 0 rings (SSSR count). The standard InChI is InChI=1S/C7H14.C2H5NO2/c1-3-5-7-6-4-2;3-1-2(4)5/h3H,1,4-7H2,2H3;1,3H2,(H,4,5). The van der Waals surface area contributed by atoms with E-state index in [0.717, 1.165) is 0 Å². The predicted octanol–water partition coefficient (Wildman–Crippen LogP) is 1.78. The minimum absolute atomic E-state index is 0.278. The summed E-state index contributed by atoms with van der Waals surface area (Å²) in [5, 5.41) is 7.60. The third-order valence-corrected chi connectivity index (χ3v) is 1.19. The van der Waals surface area contributed by atoms with Crippen molar-refractivity contribution in [1.82, 2.24) is 0 Å². The summed E-state index contributed by atoms with van der Waals surface area (Å²) in [6.07, 6.45) is 7.16. The van der Waals surface area contributed by atoms with Crippen LogP contribution < -0.4 is 5.73 Å². The van der Waals surface area contributed by atoms with E-state index in [1.807, 2.05) is 6.08 Å². The number of rotatable bonds is 5. The molecule has 12 heavy (non-hydrogen) atoms. The second-order valence-electron chi connectivity index (χ2n) is 2.38. The van der Waals surface area contributed by atoms with Gasteiger partial charge in [0.1, 0.15) is 0 Å². The highest BCUT2D eigenvalue weighted by Gasteiger charge is 1.81.